The highest BCUT2D eigenvalue weighted by molar-refractivity contribution is 5.47. The molecule has 0 radical (unpaired) electrons. The van der Waals surface area contributed by atoms with Crippen LogP contribution in [0, 0.1) is 13.8 Å². The van der Waals surface area contributed by atoms with Crippen molar-refractivity contribution in [3.63, 3.8) is 0 Å². The maximum absolute atomic E-state index is 4.46. The molecular weight excluding hydrogens is 312 g/mol. The van der Waals surface area contributed by atoms with Crippen LogP contribution in [-0.2, 0) is 0 Å². The maximum atomic E-state index is 4.46. The number of anilines is 2. The summed E-state index contributed by atoms with van der Waals surface area (Å²) in [4.78, 5) is 2.28. The normalized spacial score (nSPS) is 17.0. The van der Waals surface area contributed by atoms with Gasteiger partial charge < -0.3 is 10.2 Å². The summed E-state index contributed by atoms with van der Waals surface area (Å²) in [6.07, 6.45) is 1.09. The summed E-state index contributed by atoms with van der Waals surface area (Å²) in [7, 11) is 0. The number of benzene rings is 1. The first-order valence-electron chi connectivity index (χ1n) is 8.63. The Balaban J connectivity index is 1.43. The number of nitrogens with zero attached hydrogens (tertiary/aromatic N) is 5. The number of aromatic nitrogens is 4. The van der Waals surface area contributed by atoms with Crippen LogP contribution in [-0.4, -0.2) is 39.1 Å². The van der Waals surface area contributed by atoms with Crippen LogP contribution >= 0.6 is 0 Å². The molecule has 1 N–H and O–H groups in total. The van der Waals surface area contributed by atoms with Gasteiger partial charge in [-0.3, -0.25) is 0 Å². The van der Waals surface area contributed by atoms with Crippen molar-refractivity contribution < 1.29 is 0 Å². The molecule has 6 heteroatoms. The van der Waals surface area contributed by atoms with Gasteiger partial charge in [0.1, 0.15) is 0 Å². The zero-order valence-electron chi connectivity index (χ0n) is 14.6. The summed E-state index contributed by atoms with van der Waals surface area (Å²) in [5.74, 6) is 1.68. The molecule has 3 heterocycles. The number of nitrogens with one attached hydrogen (secondary N) is 1. The lowest BCUT2D eigenvalue weighted by Gasteiger charge is -2.18. The van der Waals surface area contributed by atoms with Gasteiger partial charge in [-0.2, -0.15) is 5.10 Å². The fourth-order valence-electron chi connectivity index (χ4n) is 3.32. The monoisotopic (exact) mass is 334 g/mol. The lowest BCUT2D eigenvalue weighted by atomic mass is 10.2. The van der Waals surface area contributed by atoms with Gasteiger partial charge >= 0.3 is 0 Å². The van der Waals surface area contributed by atoms with E-state index in [2.05, 4.69) is 49.8 Å². The van der Waals surface area contributed by atoms with E-state index in [0.717, 1.165) is 42.5 Å². The molecule has 3 aromatic rings. The average molecular weight is 334 g/mol. The first-order chi connectivity index (χ1) is 12.2. The van der Waals surface area contributed by atoms with E-state index in [-0.39, 0.29) is 0 Å². The van der Waals surface area contributed by atoms with Gasteiger partial charge in [0.2, 0.25) is 0 Å². The van der Waals surface area contributed by atoms with E-state index >= 15 is 0 Å². The molecule has 0 aliphatic carbocycles. The van der Waals surface area contributed by atoms with Crippen LogP contribution in [0.1, 0.15) is 17.8 Å². The van der Waals surface area contributed by atoms with E-state index in [4.69, 9.17) is 0 Å². The van der Waals surface area contributed by atoms with Crippen LogP contribution in [0.15, 0.2) is 48.5 Å². The van der Waals surface area contributed by atoms with Crippen LogP contribution in [0.2, 0.25) is 0 Å². The number of rotatable bonds is 4. The first-order valence-corrected chi connectivity index (χ1v) is 8.63. The van der Waals surface area contributed by atoms with Gasteiger partial charge in [0.05, 0.1) is 5.69 Å². The summed E-state index contributed by atoms with van der Waals surface area (Å²) >= 11 is 0. The van der Waals surface area contributed by atoms with Crippen molar-refractivity contribution in [2.75, 3.05) is 23.3 Å². The molecule has 1 saturated heterocycles. The van der Waals surface area contributed by atoms with Crippen molar-refractivity contribution in [2.45, 2.75) is 26.3 Å². The van der Waals surface area contributed by atoms with Gasteiger partial charge in [0.15, 0.2) is 11.6 Å². The second-order valence-electron chi connectivity index (χ2n) is 6.53. The Morgan fingerprint density at radius 2 is 1.76 bits per heavy atom. The van der Waals surface area contributed by atoms with Crippen molar-refractivity contribution in [3.8, 4) is 5.82 Å². The molecule has 25 heavy (non-hydrogen) atoms. The molecule has 1 aliphatic heterocycles. The molecule has 128 valence electrons. The largest absolute Gasteiger partial charge is 0.380 e. The maximum Gasteiger partial charge on any atom is 0.176 e. The molecule has 0 spiro atoms. The van der Waals surface area contributed by atoms with Gasteiger partial charge in [-0.15, -0.1) is 10.2 Å². The Morgan fingerprint density at radius 1 is 1.00 bits per heavy atom. The number of hydrogen-bond acceptors (Lipinski definition) is 5. The second-order valence-corrected chi connectivity index (χ2v) is 6.53. The van der Waals surface area contributed by atoms with Crippen LogP contribution in [0.3, 0.4) is 0 Å². The van der Waals surface area contributed by atoms with E-state index in [0.29, 0.717) is 6.04 Å². The van der Waals surface area contributed by atoms with E-state index < -0.39 is 0 Å². The van der Waals surface area contributed by atoms with Gasteiger partial charge in [-0.1, -0.05) is 18.2 Å². The van der Waals surface area contributed by atoms with Crippen molar-refractivity contribution in [2.24, 2.45) is 0 Å². The van der Waals surface area contributed by atoms with Gasteiger partial charge in [-0.25, -0.2) is 4.68 Å². The molecule has 0 amide bonds. The predicted octanol–water partition coefficient (Wildman–Crippen LogP) is 2.97. The number of hydrogen-bond donors (Lipinski definition) is 1. The fraction of sp³-hybridized carbons (Fsp3) is 0.316. The standard InChI is InChI=1S/C19H22N6/c1-14-12-15(2)25(23-14)19-9-8-18(21-22-19)24-11-10-17(13-24)20-16-6-4-3-5-7-16/h3-9,12,17,20H,10-11,13H2,1-2H3/t17-/m0/s1. The quantitative estimate of drug-likeness (QED) is 0.795. The second kappa shape index (κ2) is 6.55. The molecule has 4 rings (SSSR count). The summed E-state index contributed by atoms with van der Waals surface area (Å²) in [5.41, 5.74) is 3.21. The molecule has 0 unspecified atom stereocenters. The zero-order valence-corrected chi connectivity index (χ0v) is 14.6. The molecule has 0 saturated carbocycles. The minimum atomic E-state index is 0.430. The van der Waals surface area contributed by atoms with Crippen LogP contribution < -0.4 is 10.2 Å². The third-order valence-electron chi connectivity index (χ3n) is 4.52. The van der Waals surface area contributed by atoms with Crippen molar-refractivity contribution in [3.05, 3.63) is 59.9 Å². The number of aryl methyl sites for hydroxylation is 2. The lowest BCUT2D eigenvalue weighted by Crippen LogP contribution is -2.26. The van der Waals surface area contributed by atoms with Gasteiger partial charge in [-0.05, 0) is 50.6 Å². The Kier molecular flexibility index (Phi) is 4.09. The number of para-hydroxylation sites is 1. The highest BCUT2D eigenvalue weighted by Gasteiger charge is 2.23. The topological polar surface area (TPSA) is 58.9 Å². The molecule has 2 aromatic heterocycles. The zero-order chi connectivity index (χ0) is 17.2. The molecular formula is C19H22N6. The molecule has 1 aromatic carbocycles. The summed E-state index contributed by atoms with van der Waals surface area (Å²) in [6.45, 7) is 5.92. The average Bonchev–Trinajstić information content (AvgIpc) is 3.22. The van der Waals surface area contributed by atoms with Crippen molar-refractivity contribution in [1.82, 2.24) is 20.0 Å². The lowest BCUT2D eigenvalue weighted by molar-refractivity contribution is 0.772. The van der Waals surface area contributed by atoms with E-state index in [1.54, 1.807) is 0 Å². The minimum Gasteiger partial charge on any atom is -0.380 e. The molecule has 1 fully saturated rings. The molecule has 0 bridgehead atoms. The van der Waals surface area contributed by atoms with Crippen molar-refractivity contribution in [1.29, 1.82) is 0 Å². The van der Waals surface area contributed by atoms with Crippen molar-refractivity contribution >= 4 is 11.5 Å². The van der Waals surface area contributed by atoms with Crippen LogP contribution in [0.4, 0.5) is 11.5 Å². The smallest absolute Gasteiger partial charge is 0.176 e. The Hall–Kier alpha value is -2.89. The van der Waals surface area contributed by atoms with Crippen LogP contribution in [0.5, 0.6) is 0 Å². The third-order valence-corrected chi connectivity index (χ3v) is 4.52. The Morgan fingerprint density at radius 3 is 2.44 bits per heavy atom. The van der Waals surface area contributed by atoms with E-state index in [1.807, 2.05) is 42.8 Å². The summed E-state index contributed by atoms with van der Waals surface area (Å²) < 4.78 is 1.83. The highest BCUT2D eigenvalue weighted by Crippen LogP contribution is 2.21. The van der Waals surface area contributed by atoms with Gasteiger partial charge in [0.25, 0.3) is 0 Å². The van der Waals surface area contributed by atoms with Crippen LogP contribution in [0.25, 0.3) is 5.82 Å². The van der Waals surface area contributed by atoms with E-state index in [1.165, 1.54) is 5.69 Å². The third kappa shape index (κ3) is 3.33. The predicted molar refractivity (Wildman–Crippen MR) is 99.3 cm³/mol. The SMILES string of the molecule is Cc1cc(C)n(-c2ccc(N3CC[C@H](Nc4ccccc4)C3)nn2)n1. The molecule has 1 atom stereocenters. The fourth-order valence-corrected chi connectivity index (χ4v) is 3.32. The summed E-state index contributed by atoms with van der Waals surface area (Å²) in [5, 5.41) is 16.8. The molecule has 6 nitrogen and oxygen atoms in total. The first kappa shape index (κ1) is 15.6. The Bertz CT molecular complexity index is 840. The van der Waals surface area contributed by atoms with E-state index in [9.17, 15) is 0 Å². The Labute approximate surface area is 147 Å². The summed E-state index contributed by atoms with van der Waals surface area (Å²) in [6, 6.07) is 16.8. The highest BCUT2D eigenvalue weighted by atomic mass is 15.4. The van der Waals surface area contributed by atoms with Gasteiger partial charge in [0, 0.05) is 30.5 Å². The molecule has 1 aliphatic rings. The minimum absolute atomic E-state index is 0.430.